The summed E-state index contributed by atoms with van der Waals surface area (Å²) in [7, 11) is 1.34. The number of carbonyl (C=O) groups excluding carboxylic acids is 1. The largest absolute Gasteiger partial charge is 0.490 e. The third-order valence-corrected chi connectivity index (χ3v) is 7.12. The Morgan fingerprint density at radius 2 is 1.50 bits per heavy atom. The Morgan fingerprint density at radius 1 is 0.775 bits per heavy atom. The molecule has 0 fully saturated rings. The molecule has 0 aliphatic carbocycles. The van der Waals surface area contributed by atoms with Crippen LogP contribution in [0.5, 0.6) is 17.2 Å². The van der Waals surface area contributed by atoms with Gasteiger partial charge in [0.15, 0.2) is 18.1 Å². The zero-order valence-corrected chi connectivity index (χ0v) is 23.0. The molecule has 0 saturated carbocycles. The maximum atomic E-state index is 11.5. The van der Waals surface area contributed by atoms with E-state index in [1.165, 1.54) is 7.11 Å². The number of rotatable bonds is 11. The maximum Gasteiger partial charge on any atom is 0.343 e. The lowest BCUT2D eigenvalue weighted by Gasteiger charge is -2.34. The fraction of sp³-hybridized carbons (Fsp3) is 0.206. The third-order valence-electron chi connectivity index (χ3n) is 7.12. The molecule has 0 spiro atoms. The number of fused-ring (bicyclic) bond motifs is 1. The first-order valence-electron chi connectivity index (χ1n) is 13.3. The molecule has 40 heavy (non-hydrogen) atoms. The van der Waals surface area contributed by atoms with Crippen molar-refractivity contribution in [3.8, 4) is 17.2 Å². The Morgan fingerprint density at radius 3 is 2.25 bits per heavy atom. The maximum absolute atomic E-state index is 11.5. The van der Waals surface area contributed by atoms with Gasteiger partial charge in [0.25, 0.3) is 0 Å². The highest BCUT2D eigenvalue weighted by atomic mass is 16.6. The molecule has 204 valence electrons. The van der Waals surface area contributed by atoms with Crippen LogP contribution in [0.1, 0.15) is 30.5 Å². The number of carbonyl (C=O) groups is 1. The molecule has 5 aromatic rings. The summed E-state index contributed by atoms with van der Waals surface area (Å²) in [6, 6.07) is 34.5. The average Bonchev–Trinajstić information content (AvgIpc) is 3.44. The second-order valence-corrected chi connectivity index (χ2v) is 9.57. The summed E-state index contributed by atoms with van der Waals surface area (Å²) in [5, 5.41) is 1.15. The molecule has 6 heteroatoms. The van der Waals surface area contributed by atoms with Gasteiger partial charge in [-0.25, -0.2) is 4.79 Å². The Kier molecular flexibility index (Phi) is 8.06. The minimum absolute atomic E-state index is 0.141. The lowest BCUT2D eigenvalue weighted by molar-refractivity contribution is -0.142. The molecule has 1 heterocycles. The van der Waals surface area contributed by atoms with Crippen molar-refractivity contribution >= 4 is 16.9 Å². The monoisotopic (exact) mass is 535 g/mol. The number of para-hydroxylation sites is 1. The van der Waals surface area contributed by atoms with Crippen LogP contribution in [0, 0.1) is 0 Å². The topological polar surface area (TPSA) is 58.9 Å². The summed E-state index contributed by atoms with van der Waals surface area (Å²) >= 11 is 0. The minimum Gasteiger partial charge on any atom is -0.490 e. The highest BCUT2D eigenvalue weighted by molar-refractivity contribution is 5.81. The smallest absolute Gasteiger partial charge is 0.343 e. The van der Waals surface area contributed by atoms with Crippen molar-refractivity contribution in [1.29, 1.82) is 0 Å². The molecular weight excluding hydrogens is 502 g/mol. The summed E-state index contributed by atoms with van der Waals surface area (Å²) in [6.45, 7) is 4.99. The molecule has 6 nitrogen and oxygen atoms in total. The van der Waals surface area contributed by atoms with Crippen LogP contribution >= 0.6 is 0 Å². The molecule has 4 aromatic carbocycles. The van der Waals surface area contributed by atoms with Gasteiger partial charge in [-0.2, -0.15) is 0 Å². The summed E-state index contributed by atoms with van der Waals surface area (Å²) < 4.78 is 24.9. The number of esters is 1. The first-order chi connectivity index (χ1) is 19.5. The first kappa shape index (κ1) is 26.9. The number of methoxy groups -OCH3 is 1. The van der Waals surface area contributed by atoms with Crippen LogP contribution in [0.15, 0.2) is 109 Å². The van der Waals surface area contributed by atoms with Crippen molar-refractivity contribution in [3.05, 3.63) is 126 Å². The summed E-state index contributed by atoms with van der Waals surface area (Å²) in [4.78, 5) is 11.5. The quantitative estimate of drug-likeness (QED) is 0.171. The van der Waals surface area contributed by atoms with E-state index >= 15 is 0 Å². The lowest BCUT2D eigenvalue weighted by atomic mass is 9.83. The zero-order valence-electron chi connectivity index (χ0n) is 23.0. The molecule has 0 radical (unpaired) electrons. The van der Waals surface area contributed by atoms with E-state index in [-0.39, 0.29) is 6.61 Å². The van der Waals surface area contributed by atoms with E-state index in [1.807, 2.05) is 73.7 Å². The van der Waals surface area contributed by atoms with E-state index in [4.69, 9.17) is 18.9 Å². The van der Waals surface area contributed by atoms with Crippen LogP contribution in [-0.2, 0) is 21.7 Å². The van der Waals surface area contributed by atoms with E-state index in [1.54, 1.807) is 0 Å². The molecule has 5 rings (SSSR count). The second-order valence-electron chi connectivity index (χ2n) is 9.57. The van der Waals surface area contributed by atoms with E-state index in [0.29, 0.717) is 30.5 Å². The molecule has 0 aliphatic heterocycles. The van der Waals surface area contributed by atoms with Crippen LogP contribution in [0.2, 0.25) is 0 Å². The SMILES string of the molecule is CCOc1cc(C(C)(c2ccc(OCC(=O)OC)cc2)n2ccc3ccccc32)ccc1OCc1ccccc1. The van der Waals surface area contributed by atoms with E-state index in [2.05, 4.69) is 54.1 Å². The Bertz CT molecular complexity index is 1580. The predicted molar refractivity (Wildman–Crippen MR) is 156 cm³/mol. The van der Waals surface area contributed by atoms with Crippen molar-refractivity contribution in [2.75, 3.05) is 20.3 Å². The Balaban J connectivity index is 1.56. The number of nitrogens with zero attached hydrogens (tertiary/aromatic N) is 1. The number of hydrogen-bond acceptors (Lipinski definition) is 5. The number of aromatic nitrogens is 1. The fourth-order valence-corrected chi connectivity index (χ4v) is 4.93. The molecule has 1 atom stereocenters. The van der Waals surface area contributed by atoms with Crippen LogP contribution in [0.3, 0.4) is 0 Å². The van der Waals surface area contributed by atoms with Crippen LogP contribution in [0.25, 0.3) is 10.9 Å². The van der Waals surface area contributed by atoms with Crippen molar-refractivity contribution in [2.45, 2.75) is 26.0 Å². The first-order valence-corrected chi connectivity index (χ1v) is 13.3. The molecular formula is C34H33NO5. The zero-order chi connectivity index (χ0) is 28.0. The van der Waals surface area contributed by atoms with Crippen LogP contribution < -0.4 is 14.2 Å². The fourth-order valence-electron chi connectivity index (χ4n) is 4.93. The highest BCUT2D eigenvalue weighted by Crippen LogP contribution is 2.41. The summed E-state index contributed by atoms with van der Waals surface area (Å²) in [5.74, 6) is 1.55. The third kappa shape index (κ3) is 5.52. The molecule has 0 saturated heterocycles. The molecule has 1 aromatic heterocycles. The molecule has 1 unspecified atom stereocenters. The molecule has 0 amide bonds. The highest BCUT2D eigenvalue weighted by Gasteiger charge is 2.33. The number of ether oxygens (including phenoxy) is 4. The van der Waals surface area contributed by atoms with E-state index < -0.39 is 11.5 Å². The number of benzene rings is 4. The predicted octanol–water partition coefficient (Wildman–Crippen LogP) is 6.98. The number of hydrogen-bond donors (Lipinski definition) is 0. The van der Waals surface area contributed by atoms with Crippen molar-refractivity contribution in [3.63, 3.8) is 0 Å². The standard InChI is InChI=1S/C34H33NO5/c1-4-38-32-22-28(16-19-31(32)40-23-25-10-6-5-7-11-25)34(2,35-21-20-26-12-8-9-13-30(26)35)27-14-17-29(18-15-27)39-24-33(36)37-3/h5-22H,4,23-24H2,1-3H3. The Labute approximate surface area is 234 Å². The van der Waals surface area contributed by atoms with Gasteiger partial charge in [0.1, 0.15) is 12.4 Å². The van der Waals surface area contributed by atoms with Gasteiger partial charge in [0.2, 0.25) is 0 Å². The van der Waals surface area contributed by atoms with E-state index in [9.17, 15) is 4.79 Å². The van der Waals surface area contributed by atoms with Gasteiger partial charge in [-0.05, 0) is 72.3 Å². The van der Waals surface area contributed by atoms with Gasteiger partial charge in [0.05, 0.1) is 19.3 Å². The van der Waals surface area contributed by atoms with Gasteiger partial charge in [-0.1, -0.05) is 66.7 Å². The summed E-state index contributed by atoms with van der Waals surface area (Å²) in [6.07, 6.45) is 2.12. The van der Waals surface area contributed by atoms with Gasteiger partial charge >= 0.3 is 5.97 Å². The molecule has 0 aliphatic rings. The molecule has 0 N–H and O–H groups in total. The second kappa shape index (κ2) is 12.0. The van der Waals surface area contributed by atoms with Crippen molar-refractivity contribution in [2.24, 2.45) is 0 Å². The minimum atomic E-state index is -0.603. The van der Waals surface area contributed by atoms with Gasteiger partial charge in [0, 0.05) is 11.7 Å². The van der Waals surface area contributed by atoms with E-state index in [0.717, 1.165) is 27.6 Å². The molecule has 0 bridgehead atoms. The van der Waals surface area contributed by atoms with Gasteiger partial charge in [-0.3, -0.25) is 0 Å². The lowest BCUT2D eigenvalue weighted by Crippen LogP contribution is -2.32. The van der Waals surface area contributed by atoms with Crippen molar-refractivity contribution in [1.82, 2.24) is 4.57 Å². The normalized spacial score (nSPS) is 12.5. The van der Waals surface area contributed by atoms with Crippen LogP contribution in [-0.4, -0.2) is 30.9 Å². The Hall–Kier alpha value is -4.71. The van der Waals surface area contributed by atoms with Gasteiger partial charge in [-0.15, -0.1) is 0 Å². The van der Waals surface area contributed by atoms with Gasteiger partial charge < -0.3 is 23.5 Å². The average molecular weight is 536 g/mol. The summed E-state index contributed by atoms with van der Waals surface area (Å²) in [5.41, 5.74) is 3.67. The van der Waals surface area contributed by atoms with Crippen LogP contribution in [0.4, 0.5) is 0 Å². The van der Waals surface area contributed by atoms with Crippen molar-refractivity contribution < 1.29 is 23.7 Å².